The number of ether oxygens (including phenoxy) is 1. The fourth-order valence-electron chi connectivity index (χ4n) is 1.40. The summed E-state index contributed by atoms with van der Waals surface area (Å²) in [5.41, 5.74) is 0.364. The molecule has 2 aromatic rings. The highest BCUT2D eigenvalue weighted by Gasteiger charge is 2.28. The lowest BCUT2D eigenvalue weighted by atomic mass is 10.3. The molecule has 0 unspecified atom stereocenters. The number of hydrogen-bond donors (Lipinski definition) is 0. The molecule has 0 bridgehead atoms. The Bertz CT molecular complexity index is 599. The molecule has 7 heteroatoms. The van der Waals surface area contributed by atoms with Gasteiger partial charge in [-0.3, -0.25) is 4.79 Å². The first kappa shape index (κ1) is 13.3. The van der Waals surface area contributed by atoms with Crippen LogP contribution in [0.4, 0.5) is 13.2 Å². The number of carbonyl (C=O) groups is 1. The van der Waals surface area contributed by atoms with Gasteiger partial charge in [0.15, 0.2) is 5.65 Å². The number of rotatable bonds is 3. The van der Waals surface area contributed by atoms with Crippen molar-refractivity contribution in [3.63, 3.8) is 0 Å². The van der Waals surface area contributed by atoms with Gasteiger partial charge in [0, 0.05) is 17.6 Å². The van der Waals surface area contributed by atoms with E-state index in [9.17, 15) is 18.0 Å². The average molecular weight is 270 g/mol. The minimum Gasteiger partial charge on any atom is -0.407 e. The van der Waals surface area contributed by atoms with Crippen LogP contribution in [-0.4, -0.2) is 22.1 Å². The molecule has 0 amide bonds. The summed E-state index contributed by atoms with van der Waals surface area (Å²) in [6.45, 7) is 0. The van der Waals surface area contributed by atoms with Crippen molar-refractivity contribution in [1.29, 1.82) is 0 Å². The Kier molecular flexibility index (Phi) is 3.64. The molecule has 0 atom stereocenters. The minimum atomic E-state index is -4.38. The first-order valence-electron chi connectivity index (χ1n) is 5.43. The molecule has 0 aromatic carbocycles. The fraction of sp³-hybridized carbons (Fsp3) is 0.250. The molecule has 4 nitrogen and oxygen atoms in total. The number of halogens is 3. The van der Waals surface area contributed by atoms with E-state index in [1.807, 2.05) is 0 Å². The van der Waals surface area contributed by atoms with E-state index in [4.69, 9.17) is 4.74 Å². The molecule has 19 heavy (non-hydrogen) atoms. The highest BCUT2D eigenvalue weighted by Crippen LogP contribution is 2.22. The predicted octanol–water partition coefficient (Wildman–Crippen LogP) is 2.88. The van der Waals surface area contributed by atoms with Gasteiger partial charge < -0.3 is 4.74 Å². The molecule has 0 fully saturated rings. The van der Waals surface area contributed by atoms with Crippen molar-refractivity contribution in [1.82, 2.24) is 9.97 Å². The highest BCUT2D eigenvalue weighted by atomic mass is 19.4. The van der Waals surface area contributed by atoms with E-state index in [2.05, 4.69) is 9.97 Å². The maximum atomic E-state index is 11.9. The summed E-state index contributed by atoms with van der Waals surface area (Å²) in [5.74, 6) is -1.03. The second-order valence-corrected chi connectivity index (χ2v) is 3.79. The van der Waals surface area contributed by atoms with Gasteiger partial charge >= 0.3 is 12.1 Å². The Morgan fingerprint density at radius 1 is 1.26 bits per heavy atom. The molecule has 0 aliphatic carbocycles. The van der Waals surface area contributed by atoms with Crippen molar-refractivity contribution in [2.45, 2.75) is 19.0 Å². The van der Waals surface area contributed by atoms with E-state index in [1.165, 1.54) is 12.3 Å². The number of hydrogen-bond acceptors (Lipinski definition) is 4. The fourth-order valence-corrected chi connectivity index (χ4v) is 1.40. The topological polar surface area (TPSA) is 52.1 Å². The van der Waals surface area contributed by atoms with E-state index in [0.717, 1.165) is 5.39 Å². The quantitative estimate of drug-likeness (QED) is 0.805. The molecular formula is C12H9F3N2O2. The summed E-state index contributed by atoms with van der Waals surface area (Å²) in [6.07, 6.45) is -4.80. The summed E-state index contributed by atoms with van der Waals surface area (Å²) in [6, 6.07) is 6.53. The summed E-state index contributed by atoms with van der Waals surface area (Å²) < 4.78 is 40.5. The second kappa shape index (κ2) is 5.21. The van der Waals surface area contributed by atoms with Gasteiger partial charge in [-0.2, -0.15) is 18.2 Å². The maximum Gasteiger partial charge on any atom is 0.389 e. The molecule has 0 saturated carbocycles. The van der Waals surface area contributed by atoms with Crippen molar-refractivity contribution >= 4 is 17.0 Å². The van der Waals surface area contributed by atoms with Crippen LogP contribution in [0.5, 0.6) is 5.88 Å². The van der Waals surface area contributed by atoms with Gasteiger partial charge in [0.1, 0.15) is 0 Å². The average Bonchev–Trinajstić information content (AvgIpc) is 2.35. The Labute approximate surface area is 106 Å². The van der Waals surface area contributed by atoms with Gasteiger partial charge in [0.05, 0.1) is 12.8 Å². The van der Waals surface area contributed by atoms with Crippen LogP contribution in [-0.2, 0) is 4.79 Å². The van der Waals surface area contributed by atoms with Crippen LogP contribution in [0.3, 0.4) is 0 Å². The second-order valence-electron chi connectivity index (χ2n) is 3.79. The van der Waals surface area contributed by atoms with Crippen LogP contribution >= 0.6 is 0 Å². The van der Waals surface area contributed by atoms with Gasteiger partial charge in [0.25, 0.3) is 0 Å². The van der Waals surface area contributed by atoms with Gasteiger partial charge in [-0.1, -0.05) is 0 Å². The standard InChI is InChI=1S/C12H9F3N2O2/c13-12(14,15)6-5-10(18)19-9-4-3-8-2-1-7-16-11(8)17-9/h1-4,7H,5-6H2. The zero-order valence-electron chi connectivity index (χ0n) is 9.65. The van der Waals surface area contributed by atoms with E-state index in [-0.39, 0.29) is 5.88 Å². The summed E-state index contributed by atoms with van der Waals surface area (Å²) in [7, 11) is 0. The number of aromatic nitrogens is 2. The van der Waals surface area contributed by atoms with Crippen LogP contribution in [0, 0.1) is 0 Å². The predicted molar refractivity (Wildman–Crippen MR) is 60.5 cm³/mol. The third kappa shape index (κ3) is 3.90. The molecule has 0 saturated heterocycles. The summed E-state index contributed by atoms with van der Waals surface area (Å²) >= 11 is 0. The van der Waals surface area contributed by atoms with Gasteiger partial charge in [-0.25, -0.2) is 4.98 Å². The number of pyridine rings is 2. The van der Waals surface area contributed by atoms with E-state index in [1.54, 1.807) is 18.2 Å². The summed E-state index contributed by atoms with van der Waals surface area (Å²) in [4.78, 5) is 19.1. The van der Waals surface area contributed by atoms with Crippen molar-refractivity contribution in [2.75, 3.05) is 0 Å². The Morgan fingerprint density at radius 2 is 2.05 bits per heavy atom. The van der Waals surface area contributed by atoms with Crippen LogP contribution in [0.1, 0.15) is 12.8 Å². The van der Waals surface area contributed by atoms with E-state index < -0.39 is 25.0 Å². The lowest BCUT2D eigenvalue weighted by molar-refractivity contribution is -0.151. The number of alkyl halides is 3. The zero-order chi connectivity index (χ0) is 13.9. The van der Waals surface area contributed by atoms with Crippen LogP contribution in [0.2, 0.25) is 0 Å². The monoisotopic (exact) mass is 270 g/mol. The third-order valence-electron chi connectivity index (χ3n) is 2.27. The molecule has 2 aromatic heterocycles. The molecule has 0 radical (unpaired) electrons. The molecular weight excluding hydrogens is 261 g/mol. The Hall–Kier alpha value is -2.18. The van der Waals surface area contributed by atoms with E-state index >= 15 is 0 Å². The molecule has 0 spiro atoms. The smallest absolute Gasteiger partial charge is 0.389 e. The molecule has 2 heterocycles. The van der Waals surface area contributed by atoms with Crippen molar-refractivity contribution in [3.05, 3.63) is 30.5 Å². The van der Waals surface area contributed by atoms with Crippen LogP contribution in [0.15, 0.2) is 30.5 Å². The van der Waals surface area contributed by atoms with E-state index in [0.29, 0.717) is 5.65 Å². The Morgan fingerprint density at radius 3 is 2.79 bits per heavy atom. The van der Waals surface area contributed by atoms with Gasteiger partial charge in [-0.15, -0.1) is 0 Å². The SMILES string of the molecule is O=C(CCC(F)(F)F)Oc1ccc2cccnc2n1. The van der Waals surface area contributed by atoms with Crippen LogP contribution < -0.4 is 4.74 Å². The van der Waals surface area contributed by atoms with Gasteiger partial charge in [0.2, 0.25) is 5.88 Å². The zero-order valence-corrected chi connectivity index (χ0v) is 9.65. The number of esters is 1. The normalized spacial score (nSPS) is 11.5. The lowest BCUT2D eigenvalue weighted by Gasteiger charge is -2.06. The van der Waals surface area contributed by atoms with Crippen molar-refractivity contribution in [3.8, 4) is 5.88 Å². The molecule has 0 N–H and O–H groups in total. The highest BCUT2D eigenvalue weighted by molar-refractivity contribution is 5.76. The summed E-state index contributed by atoms with van der Waals surface area (Å²) in [5, 5.41) is 0.748. The largest absolute Gasteiger partial charge is 0.407 e. The first-order valence-corrected chi connectivity index (χ1v) is 5.43. The van der Waals surface area contributed by atoms with Gasteiger partial charge in [-0.05, 0) is 18.2 Å². The Balaban J connectivity index is 2.03. The van der Waals surface area contributed by atoms with Crippen LogP contribution in [0.25, 0.3) is 11.0 Å². The lowest BCUT2D eigenvalue weighted by Crippen LogP contribution is -2.15. The number of nitrogens with zero attached hydrogens (tertiary/aromatic N) is 2. The number of fused-ring (bicyclic) bond motifs is 1. The maximum absolute atomic E-state index is 11.9. The first-order chi connectivity index (χ1) is 8.94. The van der Waals surface area contributed by atoms with Crippen molar-refractivity contribution < 1.29 is 22.7 Å². The third-order valence-corrected chi connectivity index (χ3v) is 2.27. The molecule has 100 valence electrons. The van der Waals surface area contributed by atoms with Crippen molar-refractivity contribution in [2.24, 2.45) is 0 Å². The molecule has 0 aliphatic heterocycles. The molecule has 2 rings (SSSR count). The molecule has 0 aliphatic rings. The minimum absolute atomic E-state index is 0.0571. The number of carbonyl (C=O) groups excluding carboxylic acids is 1.